The lowest BCUT2D eigenvalue weighted by molar-refractivity contribution is -0.136. The average molecular weight is 378 g/mol. The van der Waals surface area contributed by atoms with E-state index >= 15 is 0 Å². The molecule has 3 rings (SSSR count). The van der Waals surface area contributed by atoms with Crippen molar-refractivity contribution in [2.24, 2.45) is 0 Å². The van der Waals surface area contributed by atoms with Gasteiger partial charge in [-0.15, -0.1) is 0 Å². The van der Waals surface area contributed by atoms with Gasteiger partial charge in [0.05, 0.1) is 17.8 Å². The highest BCUT2D eigenvalue weighted by Gasteiger charge is 2.34. The molecule has 0 spiro atoms. The number of para-hydroxylation sites is 2. The summed E-state index contributed by atoms with van der Waals surface area (Å²) in [5.41, 5.74) is -2.29. The summed E-state index contributed by atoms with van der Waals surface area (Å²) < 4.78 is 44.5. The number of halogens is 3. The van der Waals surface area contributed by atoms with Gasteiger partial charge >= 0.3 is 12.2 Å². The number of aliphatic hydroxyl groups is 1. The molecule has 0 radical (unpaired) electrons. The second-order valence-electron chi connectivity index (χ2n) is 6.27. The fourth-order valence-corrected chi connectivity index (χ4v) is 2.59. The molecule has 27 heavy (non-hydrogen) atoms. The molecule has 8 heteroatoms. The van der Waals surface area contributed by atoms with Gasteiger partial charge in [-0.25, -0.2) is 4.79 Å². The van der Waals surface area contributed by atoms with E-state index in [4.69, 9.17) is 4.42 Å². The van der Waals surface area contributed by atoms with Crippen LogP contribution in [0.5, 0.6) is 0 Å². The molecule has 0 saturated carbocycles. The third kappa shape index (κ3) is 4.22. The van der Waals surface area contributed by atoms with E-state index in [1.165, 1.54) is 19.1 Å². The molecule has 2 amide bonds. The predicted octanol–water partition coefficient (Wildman–Crippen LogP) is 4.48. The molecule has 3 aromatic rings. The molecule has 0 aliphatic carbocycles. The number of fused-ring (bicyclic) bond motifs is 1. The van der Waals surface area contributed by atoms with Gasteiger partial charge in [0.15, 0.2) is 0 Å². The van der Waals surface area contributed by atoms with Crippen LogP contribution in [0.3, 0.4) is 0 Å². The summed E-state index contributed by atoms with van der Waals surface area (Å²) >= 11 is 0. The summed E-state index contributed by atoms with van der Waals surface area (Å²) in [6, 6.07) is 12.6. The van der Waals surface area contributed by atoms with Crippen molar-refractivity contribution < 1.29 is 27.5 Å². The van der Waals surface area contributed by atoms with Crippen molar-refractivity contribution in [3.05, 3.63) is 65.9 Å². The SMILES string of the molecule is CC(O)(CNC(=O)Nc1ccccc1C(F)(F)F)c1cc2ccccc2o1. The van der Waals surface area contributed by atoms with Crippen LogP contribution in [0.2, 0.25) is 0 Å². The van der Waals surface area contributed by atoms with Crippen molar-refractivity contribution in [2.75, 3.05) is 11.9 Å². The van der Waals surface area contributed by atoms with Crippen molar-refractivity contribution >= 4 is 22.7 Å². The Morgan fingerprint density at radius 2 is 1.78 bits per heavy atom. The van der Waals surface area contributed by atoms with E-state index < -0.39 is 23.4 Å². The van der Waals surface area contributed by atoms with E-state index in [1.54, 1.807) is 18.2 Å². The van der Waals surface area contributed by atoms with Crippen LogP contribution in [-0.4, -0.2) is 17.7 Å². The highest BCUT2D eigenvalue weighted by atomic mass is 19.4. The Labute approximate surface area is 152 Å². The van der Waals surface area contributed by atoms with Gasteiger partial charge in [0, 0.05) is 5.39 Å². The van der Waals surface area contributed by atoms with E-state index in [0.29, 0.717) is 5.58 Å². The quantitative estimate of drug-likeness (QED) is 0.627. The third-order valence-corrected chi connectivity index (χ3v) is 4.03. The number of anilines is 1. The normalized spacial score (nSPS) is 14.0. The zero-order chi connectivity index (χ0) is 19.7. The maximum Gasteiger partial charge on any atom is 0.418 e. The monoisotopic (exact) mass is 378 g/mol. The first-order chi connectivity index (χ1) is 12.7. The zero-order valence-electron chi connectivity index (χ0n) is 14.3. The number of urea groups is 1. The lowest BCUT2D eigenvalue weighted by atomic mass is 10.0. The first kappa shape index (κ1) is 18.8. The molecule has 0 saturated heterocycles. The summed E-state index contributed by atoms with van der Waals surface area (Å²) in [6.45, 7) is 1.18. The summed E-state index contributed by atoms with van der Waals surface area (Å²) in [6.07, 6.45) is -4.59. The standard InChI is InChI=1S/C19H17F3N2O3/c1-18(26,16-10-12-6-2-5-9-15(12)27-16)11-23-17(25)24-14-8-4-3-7-13(14)19(20,21)22/h2-10,26H,11H2,1H3,(H2,23,24,25). The first-order valence-corrected chi connectivity index (χ1v) is 8.09. The van der Waals surface area contributed by atoms with Crippen molar-refractivity contribution in [2.45, 2.75) is 18.7 Å². The Hall–Kier alpha value is -3.00. The van der Waals surface area contributed by atoms with Crippen LogP contribution < -0.4 is 10.6 Å². The maximum atomic E-state index is 13.0. The minimum absolute atomic E-state index is 0.236. The van der Waals surface area contributed by atoms with E-state index in [9.17, 15) is 23.1 Å². The number of alkyl halides is 3. The van der Waals surface area contributed by atoms with Gasteiger partial charge in [0.1, 0.15) is 16.9 Å². The molecular formula is C19H17F3N2O3. The Morgan fingerprint density at radius 1 is 1.11 bits per heavy atom. The van der Waals surface area contributed by atoms with Gasteiger partial charge in [0.2, 0.25) is 0 Å². The van der Waals surface area contributed by atoms with E-state index in [-0.39, 0.29) is 18.0 Å². The molecule has 3 N–H and O–H groups in total. The molecular weight excluding hydrogens is 361 g/mol. The van der Waals surface area contributed by atoms with Gasteiger partial charge in [-0.2, -0.15) is 13.2 Å². The number of amides is 2. The minimum Gasteiger partial charge on any atom is -0.458 e. The third-order valence-electron chi connectivity index (χ3n) is 4.03. The summed E-state index contributed by atoms with van der Waals surface area (Å²) in [5.74, 6) is 0.236. The Morgan fingerprint density at radius 3 is 2.48 bits per heavy atom. The van der Waals surface area contributed by atoms with E-state index in [1.807, 2.05) is 12.1 Å². The largest absolute Gasteiger partial charge is 0.458 e. The molecule has 1 unspecified atom stereocenters. The number of carbonyl (C=O) groups is 1. The van der Waals surface area contributed by atoms with E-state index in [0.717, 1.165) is 17.5 Å². The summed E-state index contributed by atoms with van der Waals surface area (Å²) in [7, 11) is 0. The van der Waals surface area contributed by atoms with Crippen LogP contribution >= 0.6 is 0 Å². The molecule has 142 valence electrons. The van der Waals surface area contributed by atoms with Crippen LogP contribution in [0.1, 0.15) is 18.2 Å². The highest BCUT2D eigenvalue weighted by molar-refractivity contribution is 5.90. The van der Waals surface area contributed by atoms with E-state index in [2.05, 4.69) is 10.6 Å². The first-order valence-electron chi connectivity index (χ1n) is 8.09. The molecule has 0 aliphatic heterocycles. The number of furan rings is 1. The Bertz CT molecular complexity index is 931. The molecule has 0 aliphatic rings. The molecule has 0 fully saturated rings. The molecule has 1 heterocycles. The molecule has 5 nitrogen and oxygen atoms in total. The number of rotatable bonds is 4. The number of benzene rings is 2. The fraction of sp³-hybridized carbons (Fsp3) is 0.211. The van der Waals surface area contributed by atoms with Gasteiger partial charge in [-0.05, 0) is 31.2 Å². The Kier molecular flexibility index (Phi) is 4.84. The number of hydrogen-bond acceptors (Lipinski definition) is 3. The van der Waals surface area contributed by atoms with Crippen LogP contribution in [-0.2, 0) is 11.8 Å². The van der Waals surface area contributed by atoms with Crippen molar-refractivity contribution in [3.8, 4) is 0 Å². The number of nitrogens with one attached hydrogen (secondary N) is 2. The zero-order valence-corrected chi connectivity index (χ0v) is 14.3. The van der Waals surface area contributed by atoms with Crippen LogP contribution in [0, 0.1) is 0 Å². The summed E-state index contributed by atoms with van der Waals surface area (Å²) in [5, 5.41) is 15.9. The maximum absolute atomic E-state index is 13.0. The lowest BCUT2D eigenvalue weighted by Crippen LogP contribution is -2.40. The highest BCUT2D eigenvalue weighted by Crippen LogP contribution is 2.34. The van der Waals surface area contributed by atoms with Gasteiger partial charge in [0.25, 0.3) is 0 Å². The number of carbonyl (C=O) groups excluding carboxylic acids is 1. The van der Waals surface area contributed by atoms with Crippen LogP contribution in [0.4, 0.5) is 23.7 Å². The Balaban J connectivity index is 1.68. The topological polar surface area (TPSA) is 74.5 Å². The van der Waals surface area contributed by atoms with Crippen LogP contribution in [0.25, 0.3) is 11.0 Å². The van der Waals surface area contributed by atoms with Gasteiger partial charge in [-0.1, -0.05) is 30.3 Å². The second-order valence-corrected chi connectivity index (χ2v) is 6.27. The lowest BCUT2D eigenvalue weighted by Gasteiger charge is -2.21. The number of hydrogen-bond donors (Lipinski definition) is 3. The average Bonchev–Trinajstić information content (AvgIpc) is 3.05. The van der Waals surface area contributed by atoms with Crippen molar-refractivity contribution in [1.29, 1.82) is 0 Å². The summed E-state index contributed by atoms with van der Waals surface area (Å²) in [4.78, 5) is 12.0. The molecule has 1 atom stereocenters. The minimum atomic E-state index is -4.59. The molecule has 2 aromatic carbocycles. The van der Waals surface area contributed by atoms with Gasteiger partial charge in [-0.3, -0.25) is 0 Å². The van der Waals surface area contributed by atoms with Crippen LogP contribution in [0.15, 0.2) is 59.0 Å². The van der Waals surface area contributed by atoms with Crippen molar-refractivity contribution in [1.82, 2.24) is 5.32 Å². The smallest absolute Gasteiger partial charge is 0.418 e. The fourth-order valence-electron chi connectivity index (χ4n) is 2.59. The molecule has 0 bridgehead atoms. The van der Waals surface area contributed by atoms with Crippen molar-refractivity contribution in [3.63, 3.8) is 0 Å². The predicted molar refractivity (Wildman–Crippen MR) is 94.3 cm³/mol. The second kappa shape index (κ2) is 6.96. The molecule has 1 aromatic heterocycles. The van der Waals surface area contributed by atoms with Gasteiger partial charge < -0.3 is 20.2 Å².